The fourth-order valence-electron chi connectivity index (χ4n) is 4.53. The predicted octanol–water partition coefficient (Wildman–Crippen LogP) is 9.16. The Labute approximate surface area is 206 Å². The van der Waals surface area contributed by atoms with E-state index in [-0.39, 0.29) is 21.2 Å². The Kier molecular flexibility index (Phi) is 13.2. The molecule has 0 atom stereocenters. The molecule has 0 aromatic heterocycles. The molecule has 0 aliphatic carbocycles. The minimum absolute atomic E-state index is 0.0240. The van der Waals surface area contributed by atoms with E-state index < -0.39 is 30.5 Å². The van der Waals surface area contributed by atoms with Gasteiger partial charge in [0.25, 0.3) is 0 Å². The summed E-state index contributed by atoms with van der Waals surface area (Å²) in [6.07, 6.45) is 0.318. The molecule has 0 bridgehead atoms. The number of halogens is 4. The second-order valence-corrected chi connectivity index (χ2v) is 22.2. The maximum atomic E-state index is 15.1. The van der Waals surface area contributed by atoms with E-state index >= 15 is 13.2 Å². The number of unbranched alkanes of at least 4 members (excludes halogenated alkanes) is 3. The summed E-state index contributed by atoms with van der Waals surface area (Å²) >= 11 is 2.22. The Balaban J connectivity index is 3.98. The number of alkyl halides is 3. The van der Waals surface area contributed by atoms with Crippen molar-refractivity contribution in [3.63, 3.8) is 0 Å². The summed E-state index contributed by atoms with van der Waals surface area (Å²) in [6, 6.07) is 6.54. The van der Waals surface area contributed by atoms with Crippen LogP contribution in [0, 0.1) is 0 Å². The number of carbonyl (C=O) groups is 1. The third-order valence-electron chi connectivity index (χ3n) is 6.18. The molecule has 0 aliphatic rings. The summed E-state index contributed by atoms with van der Waals surface area (Å²) in [5, 5.41) is 0.367. The Morgan fingerprint density at radius 2 is 1.55 bits per heavy atom. The number of carbonyl (C=O) groups excluding carboxylic acids is 1. The number of benzene rings is 1. The van der Waals surface area contributed by atoms with Gasteiger partial charge in [0.15, 0.2) is 0 Å². The van der Waals surface area contributed by atoms with E-state index in [0.717, 1.165) is 38.5 Å². The molecular weight excluding hydrogens is 555 g/mol. The topological polar surface area (TPSA) is 26.3 Å². The van der Waals surface area contributed by atoms with Crippen molar-refractivity contribution in [1.82, 2.24) is 0 Å². The fourth-order valence-corrected chi connectivity index (χ4v) is 22.0. The molecular formula is C26H38ClF3O2Sn. The van der Waals surface area contributed by atoms with Crippen molar-refractivity contribution in [3.05, 3.63) is 50.6 Å². The summed E-state index contributed by atoms with van der Waals surface area (Å²) in [7, 11) is 1.22. The van der Waals surface area contributed by atoms with Crippen LogP contribution in [0.25, 0.3) is 5.57 Å². The van der Waals surface area contributed by atoms with Crippen LogP contribution in [0.15, 0.2) is 40.0 Å². The maximum absolute atomic E-state index is 15.1. The molecule has 0 aliphatic heterocycles. The van der Waals surface area contributed by atoms with Crippen LogP contribution in [0.1, 0.15) is 71.3 Å². The van der Waals surface area contributed by atoms with E-state index in [1.54, 1.807) is 24.3 Å². The zero-order valence-electron chi connectivity index (χ0n) is 20.4. The molecule has 7 heteroatoms. The van der Waals surface area contributed by atoms with Crippen molar-refractivity contribution in [2.24, 2.45) is 0 Å². The monoisotopic (exact) mass is 594 g/mol. The number of hydrogen-bond acceptors (Lipinski definition) is 2. The molecule has 2 nitrogen and oxygen atoms in total. The van der Waals surface area contributed by atoms with Gasteiger partial charge in [-0.1, -0.05) is 0 Å². The van der Waals surface area contributed by atoms with Crippen molar-refractivity contribution in [3.8, 4) is 0 Å². The van der Waals surface area contributed by atoms with Crippen LogP contribution in [-0.4, -0.2) is 37.6 Å². The van der Waals surface area contributed by atoms with Gasteiger partial charge in [0.2, 0.25) is 0 Å². The molecule has 0 saturated heterocycles. The van der Waals surface area contributed by atoms with Gasteiger partial charge in [-0.2, -0.15) is 0 Å². The van der Waals surface area contributed by atoms with Crippen LogP contribution in [0.3, 0.4) is 0 Å². The number of esters is 1. The van der Waals surface area contributed by atoms with Gasteiger partial charge in [0, 0.05) is 0 Å². The van der Waals surface area contributed by atoms with Crippen LogP contribution in [-0.2, 0) is 9.53 Å². The van der Waals surface area contributed by atoms with Crippen molar-refractivity contribution in [2.45, 2.75) is 85.2 Å². The van der Waals surface area contributed by atoms with Crippen LogP contribution >= 0.6 is 11.6 Å². The predicted molar refractivity (Wildman–Crippen MR) is 135 cm³/mol. The molecule has 0 radical (unpaired) electrons. The molecule has 1 aromatic carbocycles. The summed E-state index contributed by atoms with van der Waals surface area (Å²) < 4.78 is 51.7. The van der Waals surface area contributed by atoms with Gasteiger partial charge in [-0.25, -0.2) is 0 Å². The number of hydrogen-bond donors (Lipinski definition) is 0. The van der Waals surface area contributed by atoms with Crippen LogP contribution in [0.2, 0.25) is 18.3 Å². The first-order valence-corrected chi connectivity index (χ1v) is 19.7. The van der Waals surface area contributed by atoms with E-state index in [2.05, 4.69) is 6.58 Å². The van der Waals surface area contributed by atoms with Crippen LogP contribution in [0.4, 0.5) is 13.2 Å². The average Bonchev–Trinajstić information content (AvgIpc) is 2.77. The SMILES string of the molecule is C=C(C/C(=[C](\C(F)(F)F)[Sn]([CH2]CCC)([CH2]CCC)[CH2]CCC)c1cccc(Cl)c1)C(=O)OC. The van der Waals surface area contributed by atoms with Crippen molar-refractivity contribution >= 4 is 41.5 Å². The first kappa shape index (κ1) is 30.1. The van der Waals surface area contributed by atoms with Gasteiger partial charge in [-0.15, -0.1) is 0 Å². The van der Waals surface area contributed by atoms with Gasteiger partial charge in [-0.3, -0.25) is 0 Å². The normalized spacial score (nSPS) is 13.0. The first-order valence-electron chi connectivity index (χ1n) is 11.9. The van der Waals surface area contributed by atoms with E-state index in [9.17, 15) is 4.79 Å². The van der Waals surface area contributed by atoms with Gasteiger partial charge in [0.1, 0.15) is 0 Å². The van der Waals surface area contributed by atoms with E-state index in [4.69, 9.17) is 16.3 Å². The molecule has 0 N–H and O–H groups in total. The second-order valence-electron chi connectivity index (χ2n) is 8.72. The van der Waals surface area contributed by atoms with Crippen molar-refractivity contribution < 1.29 is 22.7 Å². The zero-order chi connectivity index (χ0) is 25.1. The second kappa shape index (κ2) is 14.4. The number of allylic oxidation sites excluding steroid dienone is 2. The summed E-state index contributed by atoms with van der Waals surface area (Å²) in [5.74, 6) is -0.687. The van der Waals surface area contributed by atoms with Crippen LogP contribution in [0.5, 0.6) is 0 Å². The number of rotatable bonds is 14. The molecule has 33 heavy (non-hydrogen) atoms. The number of methoxy groups -OCH3 is 1. The summed E-state index contributed by atoms with van der Waals surface area (Å²) in [6.45, 7) is 9.86. The molecule has 186 valence electrons. The molecule has 1 aromatic rings. The van der Waals surface area contributed by atoms with E-state index in [0.29, 0.717) is 23.9 Å². The molecule has 0 heterocycles. The fraction of sp³-hybridized carbons (Fsp3) is 0.577. The van der Waals surface area contributed by atoms with Gasteiger partial charge in [-0.05, 0) is 0 Å². The first-order chi connectivity index (χ1) is 15.6. The van der Waals surface area contributed by atoms with E-state index in [1.165, 1.54) is 7.11 Å². The van der Waals surface area contributed by atoms with Gasteiger partial charge < -0.3 is 0 Å². The summed E-state index contributed by atoms with van der Waals surface area (Å²) in [5.41, 5.74) is 0.612. The quantitative estimate of drug-likeness (QED) is 0.122. The average molecular weight is 594 g/mol. The third kappa shape index (κ3) is 8.97. The molecule has 0 fully saturated rings. The van der Waals surface area contributed by atoms with Crippen molar-refractivity contribution in [1.29, 1.82) is 0 Å². The Morgan fingerprint density at radius 1 is 1.03 bits per heavy atom. The molecule has 0 saturated carbocycles. The number of ether oxygens (including phenoxy) is 1. The molecule has 0 amide bonds. The van der Waals surface area contributed by atoms with Crippen LogP contribution < -0.4 is 0 Å². The third-order valence-corrected chi connectivity index (χ3v) is 22.3. The summed E-state index contributed by atoms with van der Waals surface area (Å²) in [4.78, 5) is 12.1. The Morgan fingerprint density at radius 3 is 1.94 bits per heavy atom. The van der Waals surface area contributed by atoms with Gasteiger partial charge in [0.05, 0.1) is 0 Å². The van der Waals surface area contributed by atoms with E-state index in [1.807, 2.05) is 20.8 Å². The zero-order valence-corrected chi connectivity index (χ0v) is 24.0. The molecule has 0 unspecified atom stereocenters. The van der Waals surface area contributed by atoms with Crippen molar-refractivity contribution in [2.75, 3.05) is 7.11 Å². The van der Waals surface area contributed by atoms with Gasteiger partial charge >= 0.3 is 207 Å². The Hall–Kier alpha value is -0.951. The molecule has 0 spiro atoms. The minimum atomic E-state index is -4.47. The standard InChI is InChI=1S/C14H11ClF3O2.3C4H9.Sn/c1-9(13(19)20-2)6-11(8-14(16,17)18)10-4-3-5-12(15)7-10;3*1-3-4-2;/h3-5,7H,1,6H2,2H3;3*1,3-4H2,2H3;. The molecule has 1 rings (SSSR count). The Bertz CT molecular complexity index is 796.